The molecule has 1 amide bonds. The van der Waals surface area contributed by atoms with Crippen molar-refractivity contribution >= 4 is 11.6 Å². The quantitative estimate of drug-likeness (QED) is 0.746. The summed E-state index contributed by atoms with van der Waals surface area (Å²) in [7, 11) is 0. The number of carbonyl (C=O) groups excluding carboxylic acids is 1. The molecule has 0 aliphatic carbocycles. The van der Waals surface area contributed by atoms with Gasteiger partial charge in [0.15, 0.2) is 0 Å². The van der Waals surface area contributed by atoms with Crippen LogP contribution in [0.1, 0.15) is 23.0 Å². The first-order valence-electron chi connectivity index (χ1n) is 7.85. The normalized spacial score (nSPS) is 10.5. The van der Waals surface area contributed by atoms with E-state index >= 15 is 0 Å². The molecule has 0 saturated carbocycles. The standard InChI is InChI=1S/C19H17FN2O3/c1-3-24-16-10-8-15(9-11-16)21-19(23)17-12(2)25-22-18(17)13-4-6-14(20)7-5-13/h4-11H,3H2,1-2H3,(H,21,23). The van der Waals surface area contributed by atoms with Gasteiger partial charge in [-0.2, -0.15) is 0 Å². The minimum absolute atomic E-state index is 0.320. The summed E-state index contributed by atoms with van der Waals surface area (Å²) in [5.41, 5.74) is 1.93. The Balaban J connectivity index is 1.85. The lowest BCUT2D eigenvalue weighted by molar-refractivity contribution is 0.102. The fourth-order valence-electron chi connectivity index (χ4n) is 2.44. The van der Waals surface area contributed by atoms with Crippen LogP contribution in [0.25, 0.3) is 11.3 Å². The van der Waals surface area contributed by atoms with Gasteiger partial charge < -0.3 is 14.6 Å². The molecule has 0 fully saturated rings. The highest BCUT2D eigenvalue weighted by Gasteiger charge is 2.21. The molecule has 0 radical (unpaired) electrons. The van der Waals surface area contributed by atoms with Crippen molar-refractivity contribution in [3.8, 4) is 17.0 Å². The summed E-state index contributed by atoms with van der Waals surface area (Å²) in [6, 6.07) is 12.8. The van der Waals surface area contributed by atoms with Crippen LogP contribution in [0.3, 0.4) is 0 Å². The molecule has 25 heavy (non-hydrogen) atoms. The zero-order valence-corrected chi connectivity index (χ0v) is 13.9. The smallest absolute Gasteiger partial charge is 0.261 e. The van der Waals surface area contributed by atoms with Crippen molar-refractivity contribution in [2.75, 3.05) is 11.9 Å². The maximum absolute atomic E-state index is 13.1. The zero-order chi connectivity index (χ0) is 17.8. The number of amides is 1. The van der Waals surface area contributed by atoms with Gasteiger partial charge >= 0.3 is 0 Å². The lowest BCUT2D eigenvalue weighted by Gasteiger charge is -2.07. The first-order chi connectivity index (χ1) is 12.1. The summed E-state index contributed by atoms with van der Waals surface area (Å²) < 4.78 is 23.6. The molecule has 1 heterocycles. The number of benzene rings is 2. The van der Waals surface area contributed by atoms with E-state index in [-0.39, 0.29) is 11.7 Å². The highest BCUT2D eigenvalue weighted by atomic mass is 19.1. The van der Waals surface area contributed by atoms with Gasteiger partial charge in [-0.3, -0.25) is 4.79 Å². The fourth-order valence-corrected chi connectivity index (χ4v) is 2.44. The molecule has 3 aromatic rings. The van der Waals surface area contributed by atoms with Crippen molar-refractivity contribution < 1.29 is 18.4 Å². The SMILES string of the molecule is CCOc1ccc(NC(=O)c2c(-c3ccc(F)cc3)noc2C)cc1. The third-order valence-corrected chi connectivity index (χ3v) is 3.63. The number of anilines is 1. The second-order valence-electron chi connectivity index (χ2n) is 5.38. The number of hydrogen-bond acceptors (Lipinski definition) is 4. The third-order valence-electron chi connectivity index (χ3n) is 3.63. The monoisotopic (exact) mass is 340 g/mol. The molecule has 0 bridgehead atoms. The molecule has 2 aromatic carbocycles. The molecule has 0 atom stereocenters. The van der Waals surface area contributed by atoms with Crippen LogP contribution >= 0.6 is 0 Å². The molecule has 1 N–H and O–H groups in total. The number of hydrogen-bond donors (Lipinski definition) is 1. The number of nitrogens with zero attached hydrogens (tertiary/aromatic N) is 1. The molecule has 0 aliphatic rings. The summed E-state index contributed by atoms with van der Waals surface area (Å²) in [5, 5.41) is 6.75. The van der Waals surface area contributed by atoms with Crippen LogP contribution in [0.4, 0.5) is 10.1 Å². The van der Waals surface area contributed by atoms with E-state index in [1.165, 1.54) is 12.1 Å². The van der Waals surface area contributed by atoms with E-state index < -0.39 is 0 Å². The topological polar surface area (TPSA) is 64.4 Å². The van der Waals surface area contributed by atoms with E-state index in [0.29, 0.717) is 34.9 Å². The molecular formula is C19H17FN2O3. The van der Waals surface area contributed by atoms with Crippen molar-refractivity contribution in [3.05, 3.63) is 65.7 Å². The van der Waals surface area contributed by atoms with Gasteiger partial charge in [0.1, 0.15) is 28.6 Å². The number of halogens is 1. The molecule has 128 valence electrons. The van der Waals surface area contributed by atoms with E-state index in [1.807, 2.05) is 6.92 Å². The summed E-state index contributed by atoms with van der Waals surface area (Å²) in [6.07, 6.45) is 0. The molecule has 1 aromatic heterocycles. The van der Waals surface area contributed by atoms with Crippen molar-refractivity contribution in [1.82, 2.24) is 5.16 Å². The Morgan fingerprint density at radius 3 is 2.48 bits per heavy atom. The lowest BCUT2D eigenvalue weighted by Crippen LogP contribution is -2.13. The van der Waals surface area contributed by atoms with Gasteiger partial charge in [-0.1, -0.05) is 5.16 Å². The summed E-state index contributed by atoms with van der Waals surface area (Å²) in [6.45, 7) is 4.14. The summed E-state index contributed by atoms with van der Waals surface area (Å²) in [4.78, 5) is 12.7. The Labute approximate surface area is 144 Å². The highest BCUT2D eigenvalue weighted by Crippen LogP contribution is 2.26. The Morgan fingerprint density at radius 1 is 1.16 bits per heavy atom. The van der Waals surface area contributed by atoms with E-state index in [1.54, 1.807) is 43.3 Å². The van der Waals surface area contributed by atoms with Gasteiger partial charge in [0.05, 0.1) is 6.61 Å². The van der Waals surface area contributed by atoms with Gasteiger partial charge in [0.2, 0.25) is 0 Å². The van der Waals surface area contributed by atoms with Crippen LogP contribution in [-0.4, -0.2) is 17.7 Å². The van der Waals surface area contributed by atoms with Crippen LogP contribution < -0.4 is 10.1 Å². The van der Waals surface area contributed by atoms with E-state index in [9.17, 15) is 9.18 Å². The molecule has 0 saturated heterocycles. The molecule has 3 rings (SSSR count). The van der Waals surface area contributed by atoms with E-state index in [0.717, 1.165) is 5.75 Å². The summed E-state index contributed by atoms with van der Waals surface area (Å²) in [5.74, 6) is 0.419. The van der Waals surface area contributed by atoms with Crippen LogP contribution in [0.15, 0.2) is 53.1 Å². The van der Waals surface area contributed by atoms with Gasteiger partial charge in [0.25, 0.3) is 5.91 Å². The van der Waals surface area contributed by atoms with Crippen molar-refractivity contribution in [3.63, 3.8) is 0 Å². The fraction of sp³-hybridized carbons (Fsp3) is 0.158. The highest BCUT2D eigenvalue weighted by molar-refractivity contribution is 6.08. The second kappa shape index (κ2) is 7.17. The molecule has 5 nitrogen and oxygen atoms in total. The number of ether oxygens (including phenoxy) is 1. The van der Waals surface area contributed by atoms with E-state index in [4.69, 9.17) is 9.26 Å². The number of aromatic nitrogens is 1. The molecule has 0 unspecified atom stereocenters. The predicted octanol–water partition coefficient (Wildman–Crippen LogP) is 4.44. The maximum atomic E-state index is 13.1. The Kier molecular flexibility index (Phi) is 4.79. The molecular weight excluding hydrogens is 323 g/mol. The van der Waals surface area contributed by atoms with Crippen LogP contribution in [-0.2, 0) is 0 Å². The Morgan fingerprint density at radius 2 is 1.84 bits per heavy atom. The van der Waals surface area contributed by atoms with Crippen molar-refractivity contribution in [2.45, 2.75) is 13.8 Å². The van der Waals surface area contributed by atoms with Crippen LogP contribution in [0, 0.1) is 12.7 Å². The minimum atomic E-state index is -0.357. The van der Waals surface area contributed by atoms with Gasteiger partial charge in [-0.25, -0.2) is 4.39 Å². The van der Waals surface area contributed by atoms with Crippen LogP contribution in [0.2, 0.25) is 0 Å². The Hall–Kier alpha value is -3.15. The largest absolute Gasteiger partial charge is 0.494 e. The number of nitrogens with one attached hydrogen (secondary N) is 1. The molecule has 6 heteroatoms. The van der Waals surface area contributed by atoms with Crippen molar-refractivity contribution in [1.29, 1.82) is 0 Å². The first-order valence-corrected chi connectivity index (χ1v) is 7.85. The average Bonchev–Trinajstić information content (AvgIpc) is 2.99. The van der Waals surface area contributed by atoms with Gasteiger partial charge in [-0.05, 0) is 62.4 Å². The molecule has 0 spiro atoms. The zero-order valence-electron chi connectivity index (χ0n) is 13.9. The maximum Gasteiger partial charge on any atom is 0.261 e. The third kappa shape index (κ3) is 3.68. The minimum Gasteiger partial charge on any atom is -0.494 e. The first kappa shape index (κ1) is 16.7. The van der Waals surface area contributed by atoms with Gasteiger partial charge in [-0.15, -0.1) is 0 Å². The summed E-state index contributed by atoms with van der Waals surface area (Å²) >= 11 is 0. The van der Waals surface area contributed by atoms with Crippen LogP contribution in [0.5, 0.6) is 5.75 Å². The molecule has 0 aliphatic heterocycles. The number of rotatable bonds is 5. The number of aryl methyl sites for hydroxylation is 1. The van der Waals surface area contributed by atoms with Crippen molar-refractivity contribution in [2.24, 2.45) is 0 Å². The predicted molar refractivity (Wildman–Crippen MR) is 92.2 cm³/mol. The van der Waals surface area contributed by atoms with E-state index in [2.05, 4.69) is 10.5 Å². The average molecular weight is 340 g/mol. The van der Waals surface area contributed by atoms with Gasteiger partial charge in [0, 0.05) is 11.3 Å². The number of carbonyl (C=O) groups is 1. The second-order valence-corrected chi connectivity index (χ2v) is 5.38. The Bertz CT molecular complexity index is 871. The lowest BCUT2D eigenvalue weighted by atomic mass is 10.1.